The van der Waals surface area contributed by atoms with Gasteiger partial charge in [-0.1, -0.05) is 6.92 Å². The Morgan fingerprint density at radius 3 is 2.64 bits per heavy atom. The fourth-order valence-corrected chi connectivity index (χ4v) is 6.06. The molecular formula is C27H25F3N4O4S. The van der Waals surface area contributed by atoms with E-state index in [9.17, 15) is 22.8 Å². The Kier molecular flexibility index (Phi) is 7.06. The fraction of sp³-hybridized carbons (Fsp3) is 0.333. The minimum atomic E-state index is -4.76. The van der Waals surface area contributed by atoms with Crippen LogP contribution >= 0.6 is 11.3 Å². The number of hydrogen-bond acceptors (Lipinski definition) is 7. The van der Waals surface area contributed by atoms with E-state index in [2.05, 4.69) is 22.3 Å². The lowest BCUT2D eigenvalue weighted by molar-refractivity contribution is -0.142. The van der Waals surface area contributed by atoms with Crippen molar-refractivity contribution in [3.63, 3.8) is 0 Å². The van der Waals surface area contributed by atoms with Gasteiger partial charge in [-0.2, -0.15) is 18.3 Å². The van der Waals surface area contributed by atoms with Crippen LogP contribution in [-0.2, 0) is 23.8 Å². The molecule has 3 aromatic heterocycles. The number of anilines is 1. The highest BCUT2D eigenvalue weighted by Crippen LogP contribution is 2.40. The number of methoxy groups -OCH3 is 1. The lowest BCUT2D eigenvalue weighted by Gasteiger charge is -2.18. The highest BCUT2D eigenvalue weighted by molar-refractivity contribution is 7.17. The van der Waals surface area contributed by atoms with Crippen molar-refractivity contribution in [3.05, 3.63) is 63.8 Å². The number of thiophene rings is 1. The molecular weight excluding hydrogens is 533 g/mol. The van der Waals surface area contributed by atoms with E-state index in [0.717, 1.165) is 35.5 Å². The smallest absolute Gasteiger partial charge is 0.433 e. The molecule has 1 N–H and O–H groups in total. The molecule has 12 heteroatoms. The van der Waals surface area contributed by atoms with Crippen molar-refractivity contribution in [2.24, 2.45) is 5.92 Å². The lowest BCUT2D eigenvalue weighted by Crippen LogP contribution is -2.17. The second-order valence-electron chi connectivity index (χ2n) is 9.28. The average molecular weight is 559 g/mol. The molecule has 204 valence electrons. The van der Waals surface area contributed by atoms with E-state index in [1.807, 2.05) is 0 Å². The molecule has 8 nitrogen and oxygen atoms in total. The summed E-state index contributed by atoms with van der Waals surface area (Å²) >= 11 is 1.29. The fourth-order valence-electron chi connectivity index (χ4n) is 4.66. The second kappa shape index (κ2) is 10.3. The van der Waals surface area contributed by atoms with Crippen LogP contribution in [0, 0.1) is 5.92 Å². The number of alkyl halides is 3. The number of esters is 1. The first-order valence-electron chi connectivity index (χ1n) is 12.3. The molecule has 0 spiro atoms. The quantitative estimate of drug-likeness (QED) is 0.290. The molecule has 5 rings (SSSR count). The summed E-state index contributed by atoms with van der Waals surface area (Å²) in [5, 5.41) is 6.88. The molecule has 0 fully saturated rings. The van der Waals surface area contributed by atoms with Crippen molar-refractivity contribution in [1.29, 1.82) is 0 Å². The molecule has 0 saturated carbocycles. The Balaban J connectivity index is 1.58. The summed E-state index contributed by atoms with van der Waals surface area (Å²) in [5.41, 5.74) is 0.0691. The van der Waals surface area contributed by atoms with E-state index in [0.29, 0.717) is 38.7 Å². The van der Waals surface area contributed by atoms with Gasteiger partial charge in [0, 0.05) is 10.4 Å². The van der Waals surface area contributed by atoms with E-state index in [1.54, 1.807) is 31.2 Å². The zero-order valence-corrected chi connectivity index (χ0v) is 22.2. The minimum absolute atomic E-state index is 0.0137. The van der Waals surface area contributed by atoms with Crippen LogP contribution in [-0.4, -0.2) is 40.2 Å². The number of nitrogens with one attached hydrogen (secondary N) is 1. The highest BCUT2D eigenvalue weighted by Gasteiger charge is 2.36. The molecule has 0 unspecified atom stereocenters. The minimum Gasteiger partial charge on any atom is -0.497 e. The summed E-state index contributed by atoms with van der Waals surface area (Å²) in [6, 6.07) is 7.26. The molecule has 0 radical (unpaired) electrons. The van der Waals surface area contributed by atoms with Gasteiger partial charge in [0.2, 0.25) is 0 Å². The maximum absolute atomic E-state index is 14.0. The van der Waals surface area contributed by atoms with Crippen molar-refractivity contribution in [1.82, 2.24) is 14.6 Å². The number of fused-ring (bicyclic) bond motifs is 2. The third-order valence-corrected chi connectivity index (χ3v) is 7.78. The molecule has 1 aliphatic carbocycles. The summed E-state index contributed by atoms with van der Waals surface area (Å²) in [7, 11) is 1.48. The first kappa shape index (κ1) is 26.7. The monoisotopic (exact) mass is 558 g/mol. The summed E-state index contributed by atoms with van der Waals surface area (Å²) in [4.78, 5) is 31.6. The Bertz CT molecular complexity index is 1560. The first-order chi connectivity index (χ1) is 18.6. The van der Waals surface area contributed by atoms with Crippen molar-refractivity contribution in [2.45, 2.75) is 39.3 Å². The zero-order chi connectivity index (χ0) is 27.9. The summed E-state index contributed by atoms with van der Waals surface area (Å²) in [5.74, 6) is -0.310. The molecule has 0 aliphatic heterocycles. The van der Waals surface area contributed by atoms with Crippen LogP contribution in [0.2, 0.25) is 0 Å². The standard InChI is InChI=1S/C27H25F3N4O4S/c1-4-38-26(36)22-17-10-5-14(2)11-20(17)39-25(22)33-24(35)18-13-31-34-21(27(28,29)30)12-19(32-23(18)34)15-6-8-16(37-3)9-7-15/h6-9,12-14H,4-5,10-11H2,1-3H3,(H,33,35)/t14-/m0/s1. The lowest BCUT2D eigenvalue weighted by atomic mass is 9.88. The van der Waals surface area contributed by atoms with Gasteiger partial charge in [0.15, 0.2) is 11.3 Å². The largest absolute Gasteiger partial charge is 0.497 e. The number of benzene rings is 1. The molecule has 1 amide bonds. The van der Waals surface area contributed by atoms with Crippen molar-refractivity contribution < 1.29 is 32.2 Å². The number of carbonyl (C=O) groups excluding carboxylic acids is 2. The number of amides is 1. The van der Waals surface area contributed by atoms with Crippen LogP contribution in [0.3, 0.4) is 0 Å². The van der Waals surface area contributed by atoms with Crippen LogP contribution < -0.4 is 10.1 Å². The Hall–Kier alpha value is -3.93. The predicted octanol–water partition coefficient (Wildman–Crippen LogP) is 6.04. The molecule has 3 heterocycles. The normalized spacial score (nSPS) is 15.2. The van der Waals surface area contributed by atoms with E-state index >= 15 is 0 Å². The van der Waals surface area contributed by atoms with E-state index in [1.165, 1.54) is 18.4 Å². The molecule has 1 atom stereocenters. The second-order valence-corrected chi connectivity index (χ2v) is 10.4. The van der Waals surface area contributed by atoms with Gasteiger partial charge in [-0.3, -0.25) is 4.79 Å². The highest BCUT2D eigenvalue weighted by atomic mass is 32.1. The van der Waals surface area contributed by atoms with Crippen LogP contribution in [0.25, 0.3) is 16.9 Å². The number of ether oxygens (including phenoxy) is 2. The summed E-state index contributed by atoms with van der Waals surface area (Å²) < 4.78 is 53.0. The van der Waals surface area contributed by atoms with Gasteiger partial charge < -0.3 is 14.8 Å². The van der Waals surface area contributed by atoms with Crippen molar-refractivity contribution in [2.75, 3.05) is 19.0 Å². The topological polar surface area (TPSA) is 94.8 Å². The third-order valence-electron chi connectivity index (χ3n) is 6.61. The van der Waals surface area contributed by atoms with Gasteiger partial charge in [-0.25, -0.2) is 14.3 Å². The summed E-state index contributed by atoms with van der Waals surface area (Å²) in [6.45, 7) is 3.98. The van der Waals surface area contributed by atoms with E-state index in [4.69, 9.17) is 9.47 Å². The van der Waals surface area contributed by atoms with Crippen LogP contribution in [0.4, 0.5) is 18.2 Å². The number of aromatic nitrogens is 3. The number of nitrogens with zero attached hydrogens (tertiary/aromatic N) is 3. The Morgan fingerprint density at radius 1 is 1.23 bits per heavy atom. The molecule has 1 aliphatic rings. The third kappa shape index (κ3) is 5.08. The van der Waals surface area contributed by atoms with Gasteiger partial charge >= 0.3 is 12.1 Å². The van der Waals surface area contributed by atoms with Gasteiger partial charge in [0.05, 0.1) is 31.2 Å². The SMILES string of the molecule is CCOC(=O)c1c(NC(=O)c2cnn3c(C(F)(F)F)cc(-c4ccc(OC)cc4)nc23)sc2c1CC[C@H](C)C2. The van der Waals surface area contributed by atoms with Crippen LogP contribution in [0.1, 0.15) is 57.1 Å². The van der Waals surface area contributed by atoms with Gasteiger partial charge in [0.1, 0.15) is 16.3 Å². The number of halogens is 3. The van der Waals surface area contributed by atoms with Crippen molar-refractivity contribution >= 4 is 33.9 Å². The number of carbonyl (C=O) groups is 2. The Labute approximate surface area is 225 Å². The molecule has 1 aromatic carbocycles. The van der Waals surface area contributed by atoms with Crippen LogP contribution in [0.15, 0.2) is 36.5 Å². The van der Waals surface area contributed by atoms with Crippen molar-refractivity contribution in [3.8, 4) is 17.0 Å². The van der Waals surface area contributed by atoms with Crippen LogP contribution in [0.5, 0.6) is 5.75 Å². The first-order valence-corrected chi connectivity index (χ1v) is 13.2. The molecule has 39 heavy (non-hydrogen) atoms. The van der Waals surface area contributed by atoms with E-state index in [-0.39, 0.29) is 23.5 Å². The number of hydrogen-bond donors (Lipinski definition) is 1. The van der Waals surface area contributed by atoms with Gasteiger partial charge in [0.25, 0.3) is 5.91 Å². The maximum atomic E-state index is 14.0. The average Bonchev–Trinajstić information content (AvgIpc) is 3.48. The summed E-state index contributed by atoms with van der Waals surface area (Å²) in [6.07, 6.45) is -1.38. The maximum Gasteiger partial charge on any atom is 0.433 e. The van der Waals surface area contributed by atoms with Gasteiger partial charge in [-0.05, 0) is 68.0 Å². The van der Waals surface area contributed by atoms with E-state index < -0.39 is 23.7 Å². The molecule has 0 bridgehead atoms. The molecule has 4 aromatic rings. The zero-order valence-electron chi connectivity index (χ0n) is 21.4. The predicted molar refractivity (Wildman–Crippen MR) is 139 cm³/mol. The molecule has 0 saturated heterocycles. The van der Waals surface area contributed by atoms with Gasteiger partial charge in [-0.15, -0.1) is 11.3 Å². The Morgan fingerprint density at radius 2 is 1.97 bits per heavy atom. The number of rotatable bonds is 6.